The van der Waals surface area contributed by atoms with Crippen molar-refractivity contribution in [3.63, 3.8) is 0 Å². The molecular formula is C14H12Br3NO. The molecule has 0 heterocycles. The van der Waals surface area contributed by atoms with Gasteiger partial charge in [0, 0.05) is 21.1 Å². The van der Waals surface area contributed by atoms with Crippen LogP contribution in [0.1, 0.15) is 11.1 Å². The molecule has 0 bridgehead atoms. The standard InChI is InChI=1S/C14H12Br3NO/c15-11-3-4-14(13(17)6-11)19-8-10-2-1-9(7-18)5-12(10)16/h1-6H,7-8,18H2. The highest BCUT2D eigenvalue weighted by Gasteiger charge is 2.05. The van der Waals surface area contributed by atoms with Crippen molar-refractivity contribution in [1.82, 2.24) is 0 Å². The van der Waals surface area contributed by atoms with Gasteiger partial charge in [-0.05, 0) is 45.8 Å². The van der Waals surface area contributed by atoms with Gasteiger partial charge in [0.15, 0.2) is 0 Å². The maximum absolute atomic E-state index is 5.80. The Morgan fingerprint density at radius 1 is 0.947 bits per heavy atom. The van der Waals surface area contributed by atoms with E-state index in [-0.39, 0.29) is 0 Å². The number of hydrogen-bond donors (Lipinski definition) is 1. The molecule has 0 spiro atoms. The van der Waals surface area contributed by atoms with Crippen molar-refractivity contribution in [2.45, 2.75) is 13.2 Å². The smallest absolute Gasteiger partial charge is 0.134 e. The fourth-order valence-electron chi connectivity index (χ4n) is 1.58. The van der Waals surface area contributed by atoms with E-state index in [1.807, 2.05) is 36.4 Å². The predicted molar refractivity (Wildman–Crippen MR) is 88.2 cm³/mol. The lowest BCUT2D eigenvalue weighted by molar-refractivity contribution is 0.303. The lowest BCUT2D eigenvalue weighted by atomic mass is 10.1. The average molecular weight is 450 g/mol. The van der Waals surface area contributed by atoms with Gasteiger partial charge in [0.05, 0.1) is 4.47 Å². The minimum atomic E-state index is 0.506. The Morgan fingerprint density at radius 2 is 1.74 bits per heavy atom. The molecule has 0 aliphatic heterocycles. The van der Waals surface area contributed by atoms with Gasteiger partial charge in [-0.1, -0.05) is 44.0 Å². The molecule has 19 heavy (non-hydrogen) atoms. The van der Waals surface area contributed by atoms with Gasteiger partial charge < -0.3 is 10.5 Å². The third kappa shape index (κ3) is 4.05. The summed E-state index contributed by atoms with van der Waals surface area (Å²) in [6, 6.07) is 11.9. The first-order valence-corrected chi connectivity index (χ1v) is 8.03. The van der Waals surface area contributed by atoms with Crippen molar-refractivity contribution in [3.8, 4) is 5.75 Å². The van der Waals surface area contributed by atoms with Crippen LogP contribution in [0.4, 0.5) is 0 Å². The molecule has 2 nitrogen and oxygen atoms in total. The van der Waals surface area contributed by atoms with Crippen molar-refractivity contribution in [3.05, 3.63) is 60.9 Å². The zero-order valence-corrected chi connectivity index (χ0v) is 14.8. The molecule has 0 aliphatic rings. The molecule has 0 radical (unpaired) electrons. The Kier molecular flexibility index (Phi) is 5.45. The molecule has 5 heteroatoms. The molecule has 0 saturated heterocycles. The van der Waals surface area contributed by atoms with Crippen LogP contribution in [0.5, 0.6) is 5.75 Å². The van der Waals surface area contributed by atoms with Gasteiger partial charge in [0.2, 0.25) is 0 Å². The Labute approximate surface area is 137 Å². The third-order valence-corrected chi connectivity index (χ3v) is 4.48. The fourth-order valence-corrected chi connectivity index (χ4v) is 3.28. The first-order valence-electron chi connectivity index (χ1n) is 5.65. The summed E-state index contributed by atoms with van der Waals surface area (Å²) >= 11 is 10.4. The van der Waals surface area contributed by atoms with Gasteiger partial charge in [-0.2, -0.15) is 0 Å². The predicted octanol–water partition coefficient (Wildman–Crippen LogP) is 5.01. The number of ether oxygens (including phenoxy) is 1. The third-order valence-electron chi connectivity index (χ3n) is 2.63. The van der Waals surface area contributed by atoms with Gasteiger partial charge >= 0.3 is 0 Å². The topological polar surface area (TPSA) is 35.2 Å². The van der Waals surface area contributed by atoms with E-state index in [0.717, 1.165) is 30.3 Å². The number of nitrogens with two attached hydrogens (primary N) is 1. The number of halogens is 3. The summed E-state index contributed by atoms with van der Waals surface area (Å²) in [5.74, 6) is 0.818. The molecular weight excluding hydrogens is 438 g/mol. The van der Waals surface area contributed by atoms with Crippen molar-refractivity contribution >= 4 is 47.8 Å². The molecule has 0 atom stereocenters. The summed E-state index contributed by atoms with van der Waals surface area (Å²) < 4.78 is 8.76. The quantitative estimate of drug-likeness (QED) is 0.712. The largest absolute Gasteiger partial charge is 0.488 e. The highest BCUT2D eigenvalue weighted by molar-refractivity contribution is 9.11. The summed E-state index contributed by atoms with van der Waals surface area (Å²) in [5.41, 5.74) is 7.79. The normalized spacial score (nSPS) is 10.5. The molecule has 100 valence electrons. The number of hydrogen-bond acceptors (Lipinski definition) is 2. The molecule has 0 amide bonds. The van der Waals surface area contributed by atoms with Crippen molar-refractivity contribution in [2.24, 2.45) is 5.73 Å². The molecule has 2 N–H and O–H groups in total. The van der Waals surface area contributed by atoms with Gasteiger partial charge in [0.1, 0.15) is 12.4 Å². The highest BCUT2D eigenvalue weighted by Crippen LogP contribution is 2.29. The highest BCUT2D eigenvalue weighted by atomic mass is 79.9. The summed E-state index contributed by atoms with van der Waals surface area (Å²) in [4.78, 5) is 0. The van der Waals surface area contributed by atoms with Gasteiger partial charge in [-0.15, -0.1) is 0 Å². The summed E-state index contributed by atoms with van der Waals surface area (Å²) in [5, 5.41) is 0. The van der Waals surface area contributed by atoms with Crippen LogP contribution in [0.2, 0.25) is 0 Å². The molecule has 2 aromatic carbocycles. The molecule has 0 aliphatic carbocycles. The molecule has 0 saturated carbocycles. The van der Waals surface area contributed by atoms with E-state index in [1.54, 1.807) is 0 Å². The second kappa shape index (κ2) is 6.88. The molecule has 2 rings (SSSR count). The lowest BCUT2D eigenvalue weighted by Gasteiger charge is -2.10. The summed E-state index contributed by atoms with van der Waals surface area (Å²) in [6.07, 6.45) is 0. The van der Waals surface area contributed by atoms with E-state index >= 15 is 0 Å². The van der Waals surface area contributed by atoms with E-state index in [9.17, 15) is 0 Å². The van der Waals surface area contributed by atoms with Crippen LogP contribution in [-0.2, 0) is 13.2 Å². The Balaban J connectivity index is 2.10. The Bertz CT molecular complexity index is 587. The summed E-state index contributed by atoms with van der Waals surface area (Å²) in [7, 11) is 0. The van der Waals surface area contributed by atoms with E-state index in [2.05, 4.69) is 47.8 Å². The minimum absolute atomic E-state index is 0.506. The minimum Gasteiger partial charge on any atom is -0.488 e. The van der Waals surface area contributed by atoms with Crippen LogP contribution < -0.4 is 10.5 Å². The molecule has 0 unspecified atom stereocenters. The van der Waals surface area contributed by atoms with Crippen LogP contribution in [0.15, 0.2) is 49.8 Å². The second-order valence-corrected chi connectivity index (χ2v) is 6.62. The molecule has 2 aromatic rings. The second-order valence-electron chi connectivity index (χ2n) is 3.99. The maximum atomic E-state index is 5.80. The zero-order valence-electron chi connectivity index (χ0n) is 10.00. The maximum Gasteiger partial charge on any atom is 0.134 e. The average Bonchev–Trinajstić information content (AvgIpc) is 2.39. The summed E-state index contributed by atoms with van der Waals surface area (Å²) in [6.45, 7) is 1.05. The van der Waals surface area contributed by atoms with Crippen LogP contribution in [0.25, 0.3) is 0 Å². The van der Waals surface area contributed by atoms with E-state index in [1.165, 1.54) is 0 Å². The van der Waals surface area contributed by atoms with Crippen LogP contribution >= 0.6 is 47.8 Å². The SMILES string of the molecule is NCc1ccc(COc2ccc(Br)cc2Br)c(Br)c1. The number of benzene rings is 2. The fraction of sp³-hybridized carbons (Fsp3) is 0.143. The Hall–Kier alpha value is -0.360. The van der Waals surface area contributed by atoms with E-state index < -0.39 is 0 Å². The Morgan fingerprint density at radius 3 is 2.37 bits per heavy atom. The van der Waals surface area contributed by atoms with Gasteiger partial charge in [-0.3, -0.25) is 0 Å². The van der Waals surface area contributed by atoms with Crippen LogP contribution in [0.3, 0.4) is 0 Å². The van der Waals surface area contributed by atoms with Gasteiger partial charge in [0.25, 0.3) is 0 Å². The lowest BCUT2D eigenvalue weighted by Crippen LogP contribution is -2.00. The monoisotopic (exact) mass is 447 g/mol. The zero-order chi connectivity index (χ0) is 13.8. The van der Waals surface area contributed by atoms with Crippen molar-refractivity contribution < 1.29 is 4.74 Å². The van der Waals surface area contributed by atoms with E-state index in [4.69, 9.17) is 10.5 Å². The number of rotatable bonds is 4. The van der Waals surface area contributed by atoms with Gasteiger partial charge in [-0.25, -0.2) is 0 Å². The van der Waals surface area contributed by atoms with E-state index in [0.29, 0.717) is 13.2 Å². The van der Waals surface area contributed by atoms with Crippen LogP contribution in [-0.4, -0.2) is 0 Å². The van der Waals surface area contributed by atoms with Crippen molar-refractivity contribution in [1.29, 1.82) is 0 Å². The molecule has 0 fully saturated rings. The first-order chi connectivity index (χ1) is 9.10. The van der Waals surface area contributed by atoms with Crippen molar-refractivity contribution in [2.75, 3.05) is 0 Å². The molecule has 0 aromatic heterocycles. The first kappa shape index (κ1) is 15.0. The van der Waals surface area contributed by atoms with Crippen LogP contribution in [0, 0.1) is 0 Å².